The molecule has 0 radical (unpaired) electrons. The minimum atomic E-state index is -4.32. The van der Waals surface area contributed by atoms with Gasteiger partial charge in [-0.25, -0.2) is 9.97 Å². The molecule has 4 nitrogen and oxygen atoms in total. The highest BCUT2D eigenvalue weighted by Crippen LogP contribution is 2.29. The number of anilines is 1. The standard InChI is InChI=1S/C12H16F3N3O/c13-12(14,15)7-18(5-6-19)11-9-3-1-2-4-10(9)16-8-17-11/h8,19H,1-7H2. The molecule has 1 aliphatic carbocycles. The molecule has 2 rings (SSSR count). The van der Waals surface area contributed by atoms with Crippen LogP contribution in [-0.4, -0.2) is 40.9 Å². The molecule has 0 aromatic carbocycles. The lowest BCUT2D eigenvalue weighted by atomic mass is 9.96. The number of aromatic nitrogens is 2. The van der Waals surface area contributed by atoms with Gasteiger partial charge >= 0.3 is 6.18 Å². The molecule has 0 atom stereocenters. The van der Waals surface area contributed by atoms with Gasteiger partial charge < -0.3 is 10.0 Å². The summed E-state index contributed by atoms with van der Waals surface area (Å²) in [4.78, 5) is 9.23. The Labute approximate surface area is 109 Å². The van der Waals surface area contributed by atoms with Gasteiger partial charge in [-0.3, -0.25) is 0 Å². The molecule has 1 aliphatic rings. The van der Waals surface area contributed by atoms with E-state index in [1.54, 1.807) is 0 Å². The quantitative estimate of drug-likeness (QED) is 0.909. The number of fused-ring (bicyclic) bond motifs is 1. The average Bonchev–Trinajstić information content (AvgIpc) is 2.36. The molecule has 0 saturated heterocycles. The Morgan fingerprint density at radius 2 is 1.95 bits per heavy atom. The minimum absolute atomic E-state index is 0.0804. The lowest BCUT2D eigenvalue weighted by Gasteiger charge is -2.28. The molecule has 0 unspecified atom stereocenters. The molecule has 1 aromatic rings. The summed E-state index contributed by atoms with van der Waals surface area (Å²) in [7, 11) is 0. The Morgan fingerprint density at radius 1 is 1.21 bits per heavy atom. The molecule has 1 heterocycles. The summed E-state index contributed by atoms with van der Waals surface area (Å²) >= 11 is 0. The van der Waals surface area contributed by atoms with Gasteiger partial charge in [0.25, 0.3) is 0 Å². The Balaban J connectivity index is 2.30. The van der Waals surface area contributed by atoms with Gasteiger partial charge in [0.1, 0.15) is 18.7 Å². The maximum atomic E-state index is 12.6. The lowest BCUT2D eigenvalue weighted by molar-refractivity contribution is -0.120. The highest BCUT2D eigenvalue weighted by molar-refractivity contribution is 5.49. The highest BCUT2D eigenvalue weighted by Gasteiger charge is 2.32. The van der Waals surface area contributed by atoms with Crippen LogP contribution >= 0.6 is 0 Å². The highest BCUT2D eigenvalue weighted by atomic mass is 19.4. The second-order valence-electron chi connectivity index (χ2n) is 4.59. The van der Waals surface area contributed by atoms with Crippen LogP contribution in [-0.2, 0) is 12.8 Å². The average molecular weight is 275 g/mol. The van der Waals surface area contributed by atoms with E-state index < -0.39 is 12.7 Å². The van der Waals surface area contributed by atoms with Gasteiger partial charge in [-0.2, -0.15) is 13.2 Å². The van der Waals surface area contributed by atoms with Gasteiger partial charge in [0, 0.05) is 17.8 Å². The lowest BCUT2D eigenvalue weighted by Crippen LogP contribution is -2.38. The topological polar surface area (TPSA) is 49.2 Å². The molecule has 7 heteroatoms. The number of rotatable bonds is 4. The molecule has 1 N–H and O–H groups in total. The van der Waals surface area contributed by atoms with Crippen LogP contribution in [0.3, 0.4) is 0 Å². The van der Waals surface area contributed by atoms with Crippen LogP contribution in [0.2, 0.25) is 0 Å². The Kier molecular flexibility index (Phi) is 4.24. The number of aryl methyl sites for hydroxylation is 1. The Morgan fingerprint density at radius 3 is 2.63 bits per heavy atom. The number of aliphatic hydroxyl groups is 1. The number of hydrogen-bond donors (Lipinski definition) is 1. The van der Waals surface area contributed by atoms with Crippen LogP contribution in [0.4, 0.5) is 19.0 Å². The molecule has 0 amide bonds. The number of aliphatic hydroxyl groups excluding tert-OH is 1. The van der Waals surface area contributed by atoms with Crippen LogP contribution in [0.15, 0.2) is 6.33 Å². The monoisotopic (exact) mass is 275 g/mol. The number of halogens is 3. The molecule has 0 aliphatic heterocycles. The summed E-state index contributed by atoms with van der Waals surface area (Å²) in [6.07, 6.45) is 0.409. The molecule has 0 spiro atoms. The smallest absolute Gasteiger partial charge is 0.395 e. The fourth-order valence-corrected chi connectivity index (χ4v) is 2.37. The van der Waals surface area contributed by atoms with Gasteiger partial charge in [-0.05, 0) is 25.7 Å². The molecule has 1 aromatic heterocycles. The van der Waals surface area contributed by atoms with Gasteiger partial charge in [-0.15, -0.1) is 0 Å². The van der Waals surface area contributed by atoms with E-state index >= 15 is 0 Å². The van der Waals surface area contributed by atoms with Crippen molar-refractivity contribution in [2.75, 3.05) is 24.6 Å². The van der Waals surface area contributed by atoms with Crippen molar-refractivity contribution in [1.82, 2.24) is 9.97 Å². The first-order chi connectivity index (χ1) is 9.01. The first-order valence-corrected chi connectivity index (χ1v) is 6.26. The molecular weight excluding hydrogens is 259 g/mol. The van der Waals surface area contributed by atoms with Crippen molar-refractivity contribution < 1.29 is 18.3 Å². The summed E-state index contributed by atoms with van der Waals surface area (Å²) in [6, 6.07) is 0. The van der Waals surface area contributed by atoms with E-state index in [9.17, 15) is 13.2 Å². The molecule has 19 heavy (non-hydrogen) atoms. The Hall–Kier alpha value is -1.37. The van der Waals surface area contributed by atoms with Crippen molar-refractivity contribution in [3.8, 4) is 0 Å². The second-order valence-corrected chi connectivity index (χ2v) is 4.59. The second kappa shape index (κ2) is 5.73. The van der Waals surface area contributed by atoms with Gasteiger partial charge in [0.2, 0.25) is 0 Å². The summed E-state index contributed by atoms with van der Waals surface area (Å²) in [6.45, 7) is -1.52. The third-order valence-electron chi connectivity index (χ3n) is 3.14. The predicted molar refractivity (Wildman–Crippen MR) is 64.0 cm³/mol. The first-order valence-electron chi connectivity index (χ1n) is 6.26. The summed E-state index contributed by atoms with van der Waals surface area (Å²) in [5.74, 6) is 0.316. The zero-order chi connectivity index (χ0) is 13.9. The maximum Gasteiger partial charge on any atom is 0.405 e. The zero-order valence-corrected chi connectivity index (χ0v) is 10.4. The normalized spacial score (nSPS) is 15.2. The van der Waals surface area contributed by atoms with E-state index in [4.69, 9.17) is 5.11 Å². The van der Waals surface area contributed by atoms with Crippen LogP contribution in [0.25, 0.3) is 0 Å². The number of alkyl halides is 3. The van der Waals surface area contributed by atoms with Crippen LogP contribution < -0.4 is 4.90 Å². The Bertz CT molecular complexity index is 437. The van der Waals surface area contributed by atoms with Crippen molar-refractivity contribution in [1.29, 1.82) is 0 Å². The van der Waals surface area contributed by atoms with Crippen molar-refractivity contribution >= 4 is 5.82 Å². The minimum Gasteiger partial charge on any atom is -0.395 e. The molecule has 0 fully saturated rings. The molecular formula is C12H16F3N3O. The molecule has 106 valence electrons. The van der Waals surface area contributed by atoms with E-state index in [1.165, 1.54) is 6.33 Å². The van der Waals surface area contributed by atoms with Crippen molar-refractivity contribution in [2.24, 2.45) is 0 Å². The van der Waals surface area contributed by atoms with Crippen molar-refractivity contribution in [3.63, 3.8) is 0 Å². The zero-order valence-electron chi connectivity index (χ0n) is 10.4. The fraction of sp³-hybridized carbons (Fsp3) is 0.667. The predicted octanol–water partition coefficient (Wildman–Crippen LogP) is 1.72. The van der Waals surface area contributed by atoms with Crippen LogP contribution in [0, 0.1) is 0 Å². The van der Waals surface area contributed by atoms with Crippen LogP contribution in [0.1, 0.15) is 24.1 Å². The fourth-order valence-electron chi connectivity index (χ4n) is 2.37. The third-order valence-corrected chi connectivity index (χ3v) is 3.14. The number of nitrogens with zero attached hydrogens (tertiary/aromatic N) is 3. The first kappa shape index (κ1) is 14.0. The summed E-state index contributed by atoms with van der Waals surface area (Å²) in [5, 5.41) is 8.95. The third kappa shape index (κ3) is 3.56. The van der Waals surface area contributed by atoms with Crippen molar-refractivity contribution in [2.45, 2.75) is 31.9 Å². The van der Waals surface area contributed by atoms with E-state index in [2.05, 4.69) is 9.97 Å². The van der Waals surface area contributed by atoms with E-state index in [0.29, 0.717) is 12.2 Å². The number of hydrogen-bond acceptors (Lipinski definition) is 4. The van der Waals surface area contributed by atoms with E-state index in [-0.39, 0.29) is 13.2 Å². The summed E-state index contributed by atoms with van der Waals surface area (Å²) < 4.78 is 37.7. The van der Waals surface area contributed by atoms with Gasteiger partial charge in [-0.1, -0.05) is 0 Å². The summed E-state index contributed by atoms with van der Waals surface area (Å²) in [5.41, 5.74) is 1.63. The molecule has 0 bridgehead atoms. The van der Waals surface area contributed by atoms with Gasteiger partial charge in [0.15, 0.2) is 0 Å². The van der Waals surface area contributed by atoms with Crippen LogP contribution in [0.5, 0.6) is 0 Å². The van der Waals surface area contributed by atoms with Gasteiger partial charge in [0.05, 0.1) is 6.61 Å². The maximum absolute atomic E-state index is 12.6. The molecule has 0 saturated carbocycles. The van der Waals surface area contributed by atoms with E-state index in [1.807, 2.05) is 0 Å². The largest absolute Gasteiger partial charge is 0.405 e. The SMILES string of the molecule is OCCN(CC(F)(F)F)c1ncnc2c1CCCC2. The van der Waals surface area contributed by atoms with Crippen molar-refractivity contribution in [3.05, 3.63) is 17.6 Å². The van der Waals surface area contributed by atoms with E-state index in [0.717, 1.165) is 35.4 Å².